The maximum absolute atomic E-state index is 11.9. The molecule has 0 fully saturated rings. The highest BCUT2D eigenvalue weighted by Gasteiger charge is 2.20. The van der Waals surface area contributed by atoms with Gasteiger partial charge in [0.25, 0.3) is 0 Å². The van der Waals surface area contributed by atoms with Crippen LogP contribution in [-0.2, 0) is 21.4 Å². The van der Waals surface area contributed by atoms with E-state index in [1.54, 1.807) is 19.2 Å². The van der Waals surface area contributed by atoms with Gasteiger partial charge in [-0.3, -0.25) is 4.79 Å². The SMILES string of the molecule is CNC(=O)CNCc1ccc(-c2cccc(S(N)(=O)=O)c2/C(N)=N/N)cc1. The number of hydrogen-bond acceptors (Lipinski definition) is 6. The summed E-state index contributed by atoms with van der Waals surface area (Å²) in [4.78, 5) is 11.1. The minimum Gasteiger partial charge on any atom is -0.382 e. The predicted molar refractivity (Wildman–Crippen MR) is 104 cm³/mol. The van der Waals surface area contributed by atoms with Gasteiger partial charge in [-0.25, -0.2) is 13.6 Å². The Bertz CT molecular complexity index is 955. The van der Waals surface area contributed by atoms with Crippen LogP contribution < -0.4 is 27.3 Å². The van der Waals surface area contributed by atoms with Crippen LogP contribution in [0, 0.1) is 0 Å². The van der Waals surface area contributed by atoms with Crippen molar-refractivity contribution >= 4 is 21.8 Å². The summed E-state index contributed by atoms with van der Waals surface area (Å²) in [6.45, 7) is 0.715. The molecule has 0 saturated carbocycles. The first-order valence-electron chi connectivity index (χ1n) is 7.98. The first-order valence-corrected chi connectivity index (χ1v) is 9.52. The summed E-state index contributed by atoms with van der Waals surface area (Å²) in [5.41, 5.74) is 8.20. The predicted octanol–water partition coefficient (Wildman–Crippen LogP) is -0.584. The van der Waals surface area contributed by atoms with Crippen LogP contribution in [0.4, 0.5) is 0 Å². The number of likely N-dealkylation sites (N-methyl/N-ethyl adjacent to an activating group) is 1. The maximum Gasteiger partial charge on any atom is 0.238 e. The average Bonchev–Trinajstić information content (AvgIpc) is 2.66. The topological polar surface area (TPSA) is 166 Å². The first-order chi connectivity index (χ1) is 12.8. The van der Waals surface area contributed by atoms with Gasteiger partial charge in [0.05, 0.1) is 11.4 Å². The lowest BCUT2D eigenvalue weighted by Crippen LogP contribution is -2.30. The summed E-state index contributed by atoms with van der Waals surface area (Å²) < 4.78 is 23.8. The van der Waals surface area contributed by atoms with Gasteiger partial charge >= 0.3 is 0 Å². The molecule has 0 aliphatic rings. The summed E-state index contributed by atoms with van der Waals surface area (Å²) in [6, 6.07) is 12.0. The molecule has 0 unspecified atom stereocenters. The second-order valence-electron chi connectivity index (χ2n) is 5.71. The lowest BCUT2D eigenvalue weighted by atomic mass is 9.98. The molecule has 2 aromatic rings. The minimum atomic E-state index is -4.01. The van der Waals surface area contributed by atoms with Crippen LogP contribution in [0.1, 0.15) is 11.1 Å². The largest absolute Gasteiger partial charge is 0.382 e. The van der Waals surface area contributed by atoms with Crippen molar-refractivity contribution < 1.29 is 13.2 Å². The second-order valence-corrected chi connectivity index (χ2v) is 7.24. The van der Waals surface area contributed by atoms with Gasteiger partial charge in [-0.15, -0.1) is 0 Å². The number of primary sulfonamides is 1. The molecular weight excluding hydrogens is 368 g/mol. The van der Waals surface area contributed by atoms with Gasteiger partial charge in [-0.1, -0.05) is 36.4 Å². The number of nitrogens with one attached hydrogen (secondary N) is 2. The van der Waals surface area contributed by atoms with Crippen molar-refractivity contribution in [2.24, 2.45) is 21.8 Å². The van der Waals surface area contributed by atoms with Crippen LogP contribution in [-0.4, -0.2) is 33.8 Å². The summed E-state index contributed by atoms with van der Waals surface area (Å²) in [5, 5.41) is 14.3. The molecule has 0 radical (unpaired) electrons. The molecule has 144 valence electrons. The van der Waals surface area contributed by atoms with E-state index in [0.29, 0.717) is 12.1 Å². The fourth-order valence-electron chi connectivity index (χ4n) is 2.55. The quantitative estimate of drug-likeness (QED) is 0.183. The Labute approximate surface area is 157 Å². The zero-order valence-corrected chi connectivity index (χ0v) is 15.6. The van der Waals surface area contributed by atoms with Crippen molar-refractivity contribution in [3.8, 4) is 11.1 Å². The smallest absolute Gasteiger partial charge is 0.238 e. The Morgan fingerprint density at radius 3 is 2.37 bits per heavy atom. The second kappa shape index (κ2) is 8.62. The van der Waals surface area contributed by atoms with Crippen molar-refractivity contribution in [2.75, 3.05) is 13.6 Å². The van der Waals surface area contributed by atoms with Crippen LogP contribution >= 0.6 is 0 Å². The van der Waals surface area contributed by atoms with Crippen LogP contribution in [0.5, 0.6) is 0 Å². The third kappa shape index (κ3) is 5.03. The number of hydrogen-bond donors (Lipinski definition) is 5. The van der Waals surface area contributed by atoms with Gasteiger partial charge in [0.15, 0.2) is 5.84 Å². The van der Waals surface area contributed by atoms with E-state index < -0.39 is 10.0 Å². The Hall–Kier alpha value is -2.95. The van der Waals surface area contributed by atoms with Crippen LogP contribution in [0.15, 0.2) is 52.5 Å². The standard InChI is InChI=1S/C17H22N6O3S/c1-21-15(24)10-22-9-11-5-7-12(8-6-11)13-3-2-4-14(27(20,25)26)16(13)17(18)23-19/h2-8,22H,9-10,19H2,1H3,(H2,18,23)(H,21,24)(H2,20,25,26). The number of carbonyl (C=O) groups excluding carboxylic acids is 1. The molecule has 0 aliphatic carbocycles. The Morgan fingerprint density at radius 1 is 1.15 bits per heavy atom. The zero-order chi connectivity index (χ0) is 20.0. The molecule has 0 bridgehead atoms. The molecule has 0 saturated heterocycles. The normalized spacial score (nSPS) is 12.0. The Balaban J connectivity index is 2.37. The molecule has 10 heteroatoms. The third-order valence-electron chi connectivity index (χ3n) is 3.89. The molecule has 0 spiro atoms. The molecule has 0 heterocycles. The van der Waals surface area contributed by atoms with E-state index in [0.717, 1.165) is 11.1 Å². The van der Waals surface area contributed by atoms with E-state index in [-0.39, 0.29) is 28.7 Å². The lowest BCUT2D eigenvalue weighted by molar-refractivity contribution is -0.119. The fourth-order valence-corrected chi connectivity index (χ4v) is 3.32. The summed E-state index contributed by atoms with van der Waals surface area (Å²) in [7, 11) is -2.44. The molecular formula is C17H22N6O3S. The molecule has 9 nitrogen and oxygen atoms in total. The van der Waals surface area contributed by atoms with Gasteiger partial charge in [-0.05, 0) is 22.8 Å². The number of amidine groups is 1. The highest BCUT2D eigenvalue weighted by Crippen LogP contribution is 2.28. The van der Waals surface area contributed by atoms with E-state index in [1.165, 1.54) is 6.07 Å². The monoisotopic (exact) mass is 390 g/mol. The fraction of sp³-hybridized carbons (Fsp3) is 0.176. The van der Waals surface area contributed by atoms with Gasteiger partial charge < -0.3 is 22.2 Å². The van der Waals surface area contributed by atoms with E-state index in [9.17, 15) is 13.2 Å². The van der Waals surface area contributed by atoms with E-state index in [2.05, 4.69) is 15.7 Å². The summed E-state index contributed by atoms with van der Waals surface area (Å²) >= 11 is 0. The van der Waals surface area contributed by atoms with Crippen molar-refractivity contribution in [1.82, 2.24) is 10.6 Å². The minimum absolute atomic E-state index is 0.104. The molecule has 0 aliphatic heterocycles. The van der Waals surface area contributed by atoms with Crippen molar-refractivity contribution in [1.29, 1.82) is 0 Å². The molecule has 8 N–H and O–H groups in total. The Kier molecular flexibility index (Phi) is 6.50. The number of nitrogens with zero attached hydrogens (tertiary/aromatic N) is 1. The summed E-state index contributed by atoms with van der Waals surface area (Å²) in [5.74, 6) is 5.03. The molecule has 2 rings (SSSR count). The zero-order valence-electron chi connectivity index (χ0n) is 14.8. The van der Waals surface area contributed by atoms with E-state index >= 15 is 0 Å². The van der Waals surface area contributed by atoms with E-state index in [4.69, 9.17) is 16.7 Å². The number of carbonyl (C=O) groups is 1. The average molecular weight is 390 g/mol. The summed E-state index contributed by atoms with van der Waals surface area (Å²) in [6.07, 6.45) is 0. The molecule has 1 amide bonds. The van der Waals surface area contributed by atoms with Crippen molar-refractivity contribution in [3.63, 3.8) is 0 Å². The van der Waals surface area contributed by atoms with Gasteiger partial charge in [0.2, 0.25) is 15.9 Å². The maximum atomic E-state index is 11.9. The highest BCUT2D eigenvalue weighted by molar-refractivity contribution is 7.89. The number of rotatable bonds is 7. The molecule has 0 atom stereocenters. The van der Waals surface area contributed by atoms with Gasteiger partial charge in [0.1, 0.15) is 0 Å². The molecule has 27 heavy (non-hydrogen) atoms. The van der Waals surface area contributed by atoms with E-state index in [1.807, 2.05) is 24.3 Å². The van der Waals surface area contributed by atoms with Crippen LogP contribution in [0.2, 0.25) is 0 Å². The molecule has 0 aromatic heterocycles. The number of amides is 1. The Morgan fingerprint density at radius 2 is 1.81 bits per heavy atom. The number of benzene rings is 2. The van der Waals surface area contributed by atoms with Crippen LogP contribution in [0.25, 0.3) is 11.1 Å². The van der Waals surface area contributed by atoms with Gasteiger partial charge in [0, 0.05) is 19.2 Å². The number of sulfonamides is 1. The van der Waals surface area contributed by atoms with Crippen molar-refractivity contribution in [2.45, 2.75) is 11.4 Å². The highest BCUT2D eigenvalue weighted by atomic mass is 32.2. The number of nitrogens with two attached hydrogens (primary N) is 3. The van der Waals surface area contributed by atoms with Crippen LogP contribution in [0.3, 0.4) is 0 Å². The lowest BCUT2D eigenvalue weighted by Gasteiger charge is -2.13. The van der Waals surface area contributed by atoms with Gasteiger partial charge in [-0.2, -0.15) is 5.10 Å². The molecule has 2 aromatic carbocycles. The number of hydrazone groups is 1. The van der Waals surface area contributed by atoms with Crippen molar-refractivity contribution in [3.05, 3.63) is 53.6 Å². The first kappa shape index (κ1) is 20.4. The third-order valence-corrected chi connectivity index (χ3v) is 4.84.